The Morgan fingerprint density at radius 1 is 0.737 bits per heavy atom. The molecule has 1 fully saturated rings. The molecule has 198 valence electrons. The molecular weight excluding hydrogens is 480 g/mol. The van der Waals surface area contributed by atoms with Crippen LogP contribution < -0.4 is 14.2 Å². The van der Waals surface area contributed by atoms with Gasteiger partial charge in [0.15, 0.2) is 0 Å². The van der Waals surface area contributed by atoms with Crippen molar-refractivity contribution in [3.8, 4) is 23.0 Å². The highest BCUT2D eigenvalue weighted by Gasteiger charge is 2.42. The molecule has 2 aliphatic rings. The fourth-order valence-corrected chi connectivity index (χ4v) is 5.62. The number of carbonyl (C=O) groups excluding carboxylic acids is 2. The Hall–Kier alpha value is -3.80. The number of benzene rings is 3. The first-order chi connectivity index (χ1) is 18.5. The smallest absolute Gasteiger partial charge is 0.343 e. The van der Waals surface area contributed by atoms with Crippen molar-refractivity contribution in [2.24, 2.45) is 0 Å². The number of aromatic hydroxyl groups is 1. The van der Waals surface area contributed by atoms with Crippen LogP contribution >= 0.6 is 0 Å². The molecule has 0 spiro atoms. The number of rotatable bonds is 11. The summed E-state index contributed by atoms with van der Waals surface area (Å²) >= 11 is 0. The highest BCUT2D eigenvalue weighted by Crippen LogP contribution is 2.58. The summed E-state index contributed by atoms with van der Waals surface area (Å²) in [6, 6.07) is 16.5. The minimum absolute atomic E-state index is 0.0888. The Kier molecular flexibility index (Phi) is 7.97. The third kappa shape index (κ3) is 5.69. The van der Waals surface area contributed by atoms with Crippen LogP contribution in [0.25, 0.3) is 0 Å². The van der Waals surface area contributed by atoms with Crippen LogP contribution in [0.4, 0.5) is 0 Å². The number of carbonyl (C=O) groups is 2. The van der Waals surface area contributed by atoms with Gasteiger partial charge in [-0.2, -0.15) is 0 Å². The zero-order valence-corrected chi connectivity index (χ0v) is 21.8. The molecule has 0 aromatic heterocycles. The Balaban J connectivity index is 1.26. The minimum atomic E-state index is -0.483. The van der Waals surface area contributed by atoms with Crippen LogP contribution in [0.3, 0.4) is 0 Å². The normalized spacial score (nSPS) is 17.2. The number of ether oxygens (including phenoxy) is 3. The molecule has 2 unspecified atom stereocenters. The lowest BCUT2D eigenvalue weighted by atomic mass is 9.90. The van der Waals surface area contributed by atoms with Gasteiger partial charge in [0.2, 0.25) is 0 Å². The summed E-state index contributed by atoms with van der Waals surface area (Å²) in [6.45, 7) is 2.87. The van der Waals surface area contributed by atoms with Crippen molar-refractivity contribution in [2.75, 3.05) is 6.61 Å². The molecule has 0 amide bonds. The molecule has 2 bridgehead atoms. The lowest BCUT2D eigenvalue weighted by Gasteiger charge is -2.21. The maximum atomic E-state index is 13.0. The maximum Gasteiger partial charge on any atom is 0.343 e. The van der Waals surface area contributed by atoms with Gasteiger partial charge in [-0.3, -0.25) is 0 Å². The van der Waals surface area contributed by atoms with E-state index in [4.69, 9.17) is 14.2 Å². The number of hydrogen-bond acceptors (Lipinski definition) is 6. The molecule has 38 heavy (non-hydrogen) atoms. The lowest BCUT2D eigenvalue weighted by Crippen LogP contribution is -2.14. The van der Waals surface area contributed by atoms with E-state index in [2.05, 4.69) is 6.92 Å². The summed E-state index contributed by atoms with van der Waals surface area (Å²) in [5, 5.41) is 9.49. The first-order valence-corrected chi connectivity index (χ1v) is 13.7. The van der Waals surface area contributed by atoms with E-state index < -0.39 is 11.9 Å². The molecule has 0 heterocycles. The summed E-state index contributed by atoms with van der Waals surface area (Å²) in [5.74, 6) is 1.56. The van der Waals surface area contributed by atoms with Gasteiger partial charge in [0.05, 0.1) is 17.7 Å². The van der Waals surface area contributed by atoms with E-state index >= 15 is 0 Å². The van der Waals surface area contributed by atoms with E-state index in [1.807, 2.05) is 0 Å². The van der Waals surface area contributed by atoms with Crippen molar-refractivity contribution in [2.45, 2.75) is 70.1 Å². The summed E-state index contributed by atoms with van der Waals surface area (Å²) < 4.78 is 17.5. The molecule has 5 rings (SSSR count). The summed E-state index contributed by atoms with van der Waals surface area (Å²) in [4.78, 5) is 25.7. The van der Waals surface area contributed by atoms with E-state index in [1.165, 1.54) is 49.9 Å². The molecule has 0 saturated heterocycles. The second-order valence-electron chi connectivity index (χ2n) is 10.2. The van der Waals surface area contributed by atoms with Gasteiger partial charge in [0, 0.05) is 11.1 Å². The third-order valence-corrected chi connectivity index (χ3v) is 7.57. The van der Waals surface area contributed by atoms with Crippen LogP contribution in [-0.4, -0.2) is 23.7 Å². The molecule has 2 atom stereocenters. The average Bonchev–Trinajstić information content (AvgIpc) is 3.56. The molecule has 0 aliphatic heterocycles. The van der Waals surface area contributed by atoms with E-state index in [-0.39, 0.29) is 11.7 Å². The largest absolute Gasteiger partial charge is 0.508 e. The average molecular weight is 515 g/mol. The van der Waals surface area contributed by atoms with Gasteiger partial charge in [0.25, 0.3) is 0 Å². The van der Waals surface area contributed by atoms with Crippen LogP contribution in [0.5, 0.6) is 23.0 Å². The minimum Gasteiger partial charge on any atom is -0.508 e. The third-order valence-electron chi connectivity index (χ3n) is 7.57. The highest BCUT2D eigenvalue weighted by atomic mass is 16.5. The number of phenolic OH excluding ortho intramolecular Hbond substituents is 1. The summed E-state index contributed by atoms with van der Waals surface area (Å²) in [5.41, 5.74) is 2.77. The quantitative estimate of drug-likeness (QED) is 0.162. The van der Waals surface area contributed by atoms with E-state index in [9.17, 15) is 14.7 Å². The van der Waals surface area contributed by atoms with Crippen molar-refractivity contribution in [1.82, 2.24) is 0 Å². The molecule has 2 aliphatic carbocycles. The molecule has 0 radical (unpaired) electrons. The van der Waals surface area contributed by atoms with Gasteiger partial charge in [-0.15, -0.1) is 0 Å². The zero-order chi connectivity index (χ0) is 26.5. The second-order valence-corrected chi connectivity index (χ2v) is 10.2. The van der Waals surface area contributed by atoms with Gasteiger partial charge in [-0.05, 0) is 98.2 Å². The maximum absolute atomic E-state index is 13.0. The zero-order valence-electron chi connectivity index (χ0n) is 21.8. The standard InChI is InChI=1S/C32H34O6/c1-2-3-4-5-6-19-36-26-15-11-22(12-16-26)32(35)38-28-18-17-27(29-23-7-8-24(20-23)30(28)29)37-31(34)21-9-13-25(33)14-10-21/h9-18,23-24,33H,2-8,19-20H2,1H3. The first-order valence-electron chi connectivity index (χ1n) is 13.7. The van der Waals surface area contributed by atoms with Crippen molar-refractivity contribution in [1.29, 1.82) is 0 Å². The predicted octanol–water partition coefficient (Wildman–Crippen LogP) is 7.54. The van der Waals surface area contributed by atoms with Crippen molar-refractivity contribution >= 4 is 11.9 Å². The Morgan fingerprint density at radius 2 is 1.26 bits per heavy atom. The number of esters is 2. The van der Waals surface area contributed by atoms with Gasteiger partial charge in [-0.1, -0.05) is 32.6 Å². The van der Waals surface area contributed by atoms with E-state index in [1.54, 1.807) is 36.4 Å². The van der Waals surface area contributed by atoms with Gasteiger partial charge in [0.1, 0.15) is 23.0 Å². The van der Waals surface area contributed by atoms with Crippen molar-refractivity contribution < 1.29 is 28.9 Å². The fourth-order valence-electron chi connectivity index (χ4n) is 5.62. The topological polar surface area (TPSA) is 82.1 Å². The highest BCUT2D eigenvalue weighted by molar-refractivity contribution is 5.92. The van der Waals surface area contributed by atoms with Gasteiger partial charge in [-0.25, -0.2) is 9.59 Å². The number of unbranched alkanes of at least 4 members (excludes halogenated alkanes) is 4. The van der Waals surface area contributed by atoms with Crippen LogP contribution in [0.15, 0.2) is 60.7 Å². The van der Waals surface area contributed by atoms with Crippen LogP contribution in [0, 0.1) is 0 Å². The van der Waals surface area contributed by atoms with Crippen molar-refractivity contribution in [3.63, 3.8) is 0 Å². The Bertz CT molecular complexity index is 1280. The molecule has 3 aromatic rings. The Morgan fingerprint density at radius 3 is 1.82 bits per heavy atom. The van der Waals surface area contributed by atoms with Crippen LogP contribution in [0.1, 0.15) is 102 Å². The van der Waals surface area contributed by atoms with Crippen LogP contribution in [0.2, 0.25) is 0 Å². The second kappa shape index (κ2) is 11.7. The first kappa shape index (κ1) is 25.8. The van der Waals surface area contributed by atoms with Gasteiger partial charge >= 0.3 is 11.9 Å². The Labute approximate surface area is 223 Å². The molecular formula is C32H34O6. The number of phenols is 1. The van der Waals surface area contributed by atoms with E-state index in [0.29, 0.717) is 35.2 Å². The molecule has 6 nitrogen and oxygen atoms in total. The number of hydrogen-bond donors (Lipinski definition) is 1. The monoisotopic (exact) mass is 514 g/mol. The van der Waals surface area contributed by atoms with Gasteiger partial charge < -0.3 is 19.3 Å². The summed E-state index contributed by atoms with van der Waals surface area (Å²) in [7, 11) is 0. The molecule has 6 heteroatoms. The molecule has 3 aromatic carbocycles. The molecule has 1 saturated carbocycles. The van der Waals surface area contributed by atoms with E-state index in [0.717, 1.165) is 42.6 Å². The summed E-state index contributed by atoms with van der Waals surface area (Å²) in [6.07, 6.45) is 8.93. The van der Waals surface area contributed by atoms with Crippen molar-refractivity contribution in [3.05, 3.63) is 82.9 Å². The SMILES string of the molecule is CCCCCCCOc1ccc(C(=O)Oc2ccc(OC(=O)c3ccc(O)cc3)c3c2C2CCC3C2)cc1. The number of fused-ring (bicyclic) bond motifs is 5. The predicted molar refractivity (Wildman–Crippen MR) is 144 cm³/mol. The fraction of sp³-hybridized carbons (Fsp3) is 0.375. The van der Waals surface area contributed by atoms with Crippen LogP contribution in [-0.2, 0) is 0 Å². The molecule has 1 N–H and O–H groups in total. The lowest BCUT2D eigenvalue weighted by molar-refractivity contribution is 0.0716.